The molecule has 1 fully saturated rings. The fourth-order valence-corrected chi connectivity index (χ4v) is 4.20. The minimum absolute atomic E-state index is 0.0823. The number of rotatable bonds is 4. The van der Waals surface area contributed by atoms with E-state index in [4.69, 9.17) is 16.7 Å². The smallest absolute Gasteiger partial charge is 0.405 e. The highest BCUT2D eigenvalue weighted by Gasteiger charge is 2.49. The SMILES string of the molecule is Cc1cc(Cl)cc(F)c1C1(O)[C@H](C)CN(C(=O)[C@@H](CO)NC(=O)O)C[C@@H]1C. The fraction of sp³-hybridized carbons (Fsp3) is 0.556. The molecule has 0 radical (unpaired) electrons. The van der Waals surface area contributed by atoms with Gasteiger partial charge in [-0.05, 0) is 24.6 Å². The number of aliphatic hydroxyl groups is 2. The predicted molar refractivity (Wildman–Crippen MR) is 97.0 cm³/mol. The molecule has 0 saturated carbocycles. The van der Waals surface area contributed by atoms with Gasteiger partial charge in [0.15, 0.2) is 0 Å². The summed E-state index contributed by atoms with van der Waals surface area (Å²) in [4.78, 5) is 24.7. The molecule has 2 amide bonds. The quantitative estimate of drug-likeness (QED) is 0.613. The summed E-state index contributed by atoms with van der Waals surface area (Å²) in [5.74, 6) is -2.27. The molecule has 1 aromatic carbocycles. The van der Waals surface area contributed by atoms with Crippen molar-refractivity contribution in [3.05, 3.63) is 34.1 Å². The van der Waals surface area contributed by atoms with Gasteiger partial charge in [-0.2, -0.15) is 0 Å². The van der Waals surface area contributed by atoms with E-state index in [-0.39, 0.29) is 23.7 Å². The molecule has 150 valence electrons. The van der Waals surface area contributed by atoms with Gasteiger partial charge >= 0.3 is 6.09 Å². The summed E-state index contributed by atoms with van der Waals surface area (Å²) < 4.78 is 14.6. The second-order valence-electron chi connectivity index (χ2n) is 7.13. The van der Waals surface area contributed by atoms with Crippen LogP contribution >= 0.6 is 11.6 Å². The average Bonchev–Trinajstić information content (AvgIpc) is 2.55. The van der Waals surface area contributed by atoms with Gasteiger partial charge in [0.2, 0.25) is 5.91 Å². The van der Waals surface area contributed by atoms with Crippen LogP contribution in [0, 0.1) is 24.6 Å². The van der Waals surface area contributed by atoms with Crippen molar-refractivity contribution in [2.24, 2.45) is 11.8 Å². The molecule has 4 N–H and O–H groups in total. The molecule has 0 spiro atoms. The standard InChI is InChI=1S/C18H24ClFN2O5/c1-9-4-12(19)5-13(20)15(9)18(27)10(2)6-22(7-11(18)3)16(24)14(8-23)21-17(25)26/h4-5,10-11,14,21,23,27H,6-8H2,1-3H3,(H,25,26)/t10-,11+,14-,18?/m1/s1. The Hall–Kier alpha value is -1.90. The Balaban J connectivity index is 2.32. The van der Waals surface area contributed by atoms with Crippen LogP contribution in [0.15, 0.2) is 12.1 Å². The lowest BCUT2D eigenvalue weighted by Crippen LogP contribution is -2.60. The Kier molecular flexibility index (Phi) is 6.34. The minimum atomic E-state index is -1.52. The third-order valence-corrected chi connectivity index (χ3v) is 5.45. The van der Waals surface area contributed by atoms with Crippen molar-refractivity contribution in [3.63, 3.8) is 0 Å². The lowest BCUT2D eigenvalue weighted by Gasteiger charge is -2.49. The summed E-state index contributed by atoms with van der Waals surface area (Å²) in [6.07, 6.45) is -1.42. The topological polar surface area (TPSA) is 110 Å². The van der Waals surface area contributed by atoms with Gasteiger partial charge in [-0.1, -0.05) is 25.4 Å². The Morgan fingerprint density at radius 1 is 1.37 bits per heavy atom. The fourth-order valence-electron chi connectivity index (χ4n) is 3.94. The number of hydrogen-bond donors (Lipinski definition) is 4. The molecule has 1 aromatic rings. The first-order valence-electron chi connectivity index (χ1n) is 8.59. The van der Waals surface area contributed by atoms with Crippen LogP contribution in [0.2, 0.25) is 5.02 Å². The molecule has 1 aliphatic rings. The van der Waals surface area contributed by atoms with Crippen molar-refractivity contribution in [1.82, 2.24) is 10.2 Å². The molecule has 1 saturated heterocycles. The van der Waals surface area contributed by atoms with E-state index in [9.17, 15) is 24.2 Å². The maximum Gasteiger partial charge on any atom is 0.405 e. The minimum Gasteiger partial charge on any atom is -0.465 e. The molecule has 7 nitrogen and oxygen atoms in total. The van der Waals surface area contributed by atoms with E-state index in [2.05, 4.69) is 0 Å². The van der Waals surface area contributed by atoms with E-state index in [1.54, 1.807) is 26.8 Å². The number of hydrogen-bond acceptors (Lipinski definition) is 4. The summed E-state index contributed by atoms with van der Waals surface area (Å²) >= 11 is 5.88. The molecule has 0 bridgehead atoms. The van der Waals surface area contributed by atoms with Gasteiger partial charge in [0.1, 0.15) is 17.5 Å². The van der Waals surface area contributed by atoms with Crippen molar-refractivity contribution in [2.45, 2.75) is 32.4 Å². The Labute approximate surface area is 161 Å². The number of aliphatic hydroxyl groups excluding tert-OH is 1. The number of benzene rings is 1. The number of aryl methyl sites for hydroxylation is 1. The number of nitrogens with one attached hydrogen (secondary N) is 1. The third kappa shape index (κ3) is 4.02. The molecule has 1 aliphatic heterocycles. The molecule has 1 unspecified atom stereocenters. The number of halogens is 2. The number of likely N-dealkylation sites (tertiary alicyclic amines) is 1. The second-order valence-corrected chi connectivity index (χ2v) is 7.57. The Morgan fingerprint density at radius 3 is 2.37 bits per heavy atom. The van der Waals surface area contributed by atoms with Gasteiger partial charge in [0.25, 0.3) is 0 Å². The largest absolute Gasteiger partial charge is 0.465 e. The molecule has 0 aliphatic carbocycles. The van der Waals surface area contributed by atoms with Crippen LogP contribution in [0.1, 0.15) is 25.0 Å². The van der Waals surface area contributed by atoms with Crippen molar-refractivity contribution in [3.8, 4) is 0 Å². The number of amides is 2. The Morgan fingerprint density at radius 2 is 1.93 bits per heavy atom. The zero-order chi connectivity index (χ0) is 20.5. The zero-order valence-electron chi connectivity index (χ0n) is 15.4. The highest BCUT2D eigenvalue weighted by atomic mass is 35.5. The van der Waals surface area contributed by atoms with Crippen LogP contribution in [0.25, 0.3) is 0 Å². The highest BCUT2D eigenvalue weighted by molar-refractivity contribution is 6.30. The van der Waals surface area contributed by atoms with Crippen LogP contribution in [0.4, 0.5) is 9.18 Å². The lowest BCUT2D eigenvalue weighted by molar-refractivity contribution is -0.152. The van der Waals surface area contributed by atoms with E-state index in [1.165, 1.54) is 4.90 Å². The zero-order valence-corrected chi connectivity index (χ0v) is 16.1. The van der Waals surface area contributed by atoms with E-state index in [0.29, 0.717) is 5.56 Å². The van der Waals surface area contributed by atoms with Crippen molar-refractivity contribution >= 4 is 23.6 Å². The number of carbonyl (C=O) groups excluding carboxylic acids is 1. The van der Waals surface area contributed by atoms with Crippen molar-refractivity contribution in [2.75, 3.05) is 19.7 Å². The predicted octanol–water partition coefficient (Wildman–Crippen LogP) is 1.72. The molecule has 1 heterocycles. The first-order chi connectivity index (χ1) is 12.5. The molecular weight excluding hydrogens is 379 g/mol. The molecule has 0 aromatic heterocycles. The summed E-state index contributed by atoms with van der Waals surface area (Å²) in [6, 6.07) is 1.44. The van der Waals surface area contributed by atoms with Crippen LogP contribution < -0.4 is 5.32 Å². The van der Waals surface area contributed by atoms with Crippen LogP contribution in [-0.4, -0.2) is 58.0 Å². The van der Waals surface area contributed by atoms with Gasteiger partial charge in [-0.3, -0.25) is 4.79 Å². The van der Waals surface area contributed by atoms with Gasteiger partial charge in [0, 0.05) is 35.5 Å². The molecular formula is C18H24ClFN2O5. The lowest BCUT2D eigenvalue weighted by atomic mass is 9.69. The number of carboxylic acid groups (broad SMARTS) is 1. The average molecular weight is 403 g/mol. The van der Waals surface area contributed by atoms with Gasteiger partial charge in [-0.25, -0.2) is 9.18 Å². The number of carbonyl (C=O) groups is 2. The summed E-state index contributed by atoms with van der Waals surface area (Å²) in [6.45, 7) is 4.54. The van der Waals surface area contributed by atoms with Crippen molar-refractivity contribution in [1.29, 1.82) is 0 Å². The number of nitrogens with zero attached hydrogens (tertiary/aromatic N) is 1. The van der Waals surface area contributed by atoms with Crippen molar-refractivity contribution < 1.29 is 29.3 Å². The van der Waals surface area contributed by atoms with E-state index < -0.39 is 47.9 Å². The summed E-state index contributed by atoms with van der Waals surface area (Å²) in [7, 11) is 0. The molecule has 9 heteroatoms. The van der Waals surface area contributed by atoms with E-state index >= 15 is 0 Å². The van der Waals surface area contributed by atoms with Gasteiger partial charge < -0.3 is 25.5 Å². The monoisotopic (exact) mass is 402 g/mol. The second kappa shape index (κ2) is 8.00. The highest BCUT2D eigenvalue weighted by Crippen LogP contribution is 2.44. The van der Waals surface area contributed by atoms with Crippen LogP contribution in [0.5, 0.6) is 0 Å². The van der Waals surface area contributed by atoms with E-state index in [1.807, 2.05) is 5.32 Å². The van der Waals surface area contributed by atoms with Gasteiger partial charge in [-0.15, -0.1) is 0 Å². The maximum absolute atomic E-state index is 14.6. The van der Waals surface area contributed by atoms with Gasteiger partial charge in [0.05, 0.1) is 6.61 Å². The number of piperidine rings is 1. The van der Waals surface area contributed by atoms with Crippen LogP contribution in [-0.2, 0) is 10.4 Å². The summed E-state index contributed by atoms with van der Waals surface area (Å²) in [5.41, 5.74) is -0.854. The molecule has 4 atom stereocenters. The van der Waals surface area contributed by atoms with Crippen LogP contribution in [0.3, 0.4) is 0 Å². The summed E-state index contributed by atoms with van der Waals surface area (Å²) in [5, 5.41) is 31.7. The van der Waals surface area contributed by atoms with E-state index in [0.717, 1.165) is 6.07 Å². The third-order valence-electron chi connectivity index (χ3n) is 5.23. The maximum atomic E-state index is 14.6. The molecule has 2 rings (SSSR count). The normalized spacial score (nSPS) is 26.6. The Bertz CT molecular complexity index is 709. The molecule has 27 heavy (non-hydrogen) atoms. The first kappa shape index (κ1) is 21.4. The first-order valence-corrected chi connectivity index (χ1v) is 8.97.